The molecular formula is C68H47N3. The molecule has 0 atom stereocenters. The molecule has 0 saturated carbocycles. The quantitative estimate of drug-likeness (QED) is 0.100. The van der Waals surface area contributed by atoms with E-state index in [0.717, 1.165) is 78.0 Å². The number of fused-ring (bicyclic) bond motifs is 5. The fraction of sp³-hybridized carbons (Fsp3) is 0. The van der Waals surface area contributed by atoms with Gasteiger partial charge in [-0.1, -0.05) is 200 Å². The van der Waals surface area contributed by atoms with E-state index in [2.05, 4.69) is 299 Å². The van der Waals surface area contributed by atoms with Crippen LogP contribution in [0.3, 0.4) is 0 Å². The van der Waals surface area contributed by atoms with Gasteiger partial charge in [-0.05, 0) is 118 Å². The van der Waals surface area contributed by atoms with Crippen LogP contribution >= 0.6 is 0 Å². The van der Waals surface area contributed by atoms with Crippen LogP contribution in [0.2, 0.25) is 0 Å². The van der Waals surface area contributed by atoms with Crippen molar-refractivity contribution in [3.8, 4) is 39.1 Å². The average molecular weight is 906 g/mol. The van der Waals surface area contributed by atoms with E-state index in [1.165, 1.54) is 38.5 Å². The normalized spacial score (nSPS) is 11.4. The van der Waals surface area contributed by atoms with Gasteiger partial charge >= 0.3 is 0 Å². The second-order valence-corrected chi connectivity index (χ2v) is 18.1. The van der Waals surface area contributed by atoms with Crippen molar-refractivity contribution >= 4 is 77.5 Å². The highest BCUT2D eigenvalue weighted by molar-refractivity contribution is 6.25. The lowest BCUT2D eigenvalue weighted by atomic mass is 9.91. The van der Waals surface area contributed by atoms with Gasteiger partial charge in [-0.3, -0.25) is 0 Å². The van der Waals surface area contributed by atoms with E-state index < -0.39 is 0 Å². The molecule has 0 spiro atoms. The van der Waals surface area contributed by atoms with E-state index >= 15 is 0 Å². The van der Waals surface area contributed by atoms with Crippen molar-refractivity contribution in [1.29, 1.82) is 0 Å². The molecule has 1 aromatic heterocycles. The van der Waals surface area contributed by atoms with E-state index in [9.17, 15) is 0 Å². The minimum atomic E-state index is 1.07. The second kappa shape index (κ2) is 17.9. The van der Waals surface area contributed by atoms with Crippen LogP contribution in [-0.4, -0.2) is 4.57 Å². The third-order valence-corrected chi connectivity index (χ3v) is 13.9. The van der Waals surface area contributed by atoms with Gasteiger partial charge in [0.2, 0.25) is 0 Å². The van der Waals surface area contributed by atoms with Crippen molar-refractivity contribution in [3.63, 3.8) is 0 Å². The van der Waals surface area contributed by atoms with Crippen molar-refractivity contribution in [1.82, 2.24) is 4.57 Å². The summed E-state index contributed by atoms with van der Waals surface area (Å²) in [6, 6.07) is 104. The van der Waals surface area contributed by atoms with Gasteiger partial charge in [-0.15, -0.1) is 0 Å². The SMILES string of the molecule is c1ccc(-c2ccc(N(c3ccccc3)c3c4ccc(-c5ccccc5)cc4c(N(c4ccccc4)c4ccc5c(c4)c4ccccc4n5-c4ccccc4)c4ccc(-c5ccccc5)cc34)cc2)cc1. The molecule has 0 saturated heterocycles. The molecule has 0 N–H and O–H groups in total. The van der Waals surface area contributed by atoms with E-state index in [4.69, 9.17) is 0 Å². The van der Waals surface area contributed by atoms with Gasteiger partial charge < -0.3 is 14.4 Å². The summed E-state index contributed by atoms with van der Waals surface area (Å²) in [6.07, 6.45) is 0. The summed E-state index contributed by atoms with van der Waals surface area (Å²) in [5.74, 6) is 0. The first-order chi connectivity index (χ1) is 35.2. The zero-order chi connectivity index (χ0) is 47.1. The summed E-state index contributed by atoms with van der Waals surface area (Å²) in [7, 11) is 0. The maximum atomic E-state index is 2.50. The van der Waals surface area contributed by atoms with E-state index in [1.54, 1.807) is 0 Å². The molecule has 13 aromatic rings. The molecule has 1 heterocycles. The van der Waals surface area contributed by atoms with Crippen molar-refractivity contribution in [2.75, 3.05) is 9.80 Å². The van der Waals surface area contributed by atoms with Crippen LogP contribution in [0.15, 0.2) is 285 Å². The van der Waals surface area contributed by atoms with Gasteiger partial charge in [-0.2, -0.15) is 0 Å². The van der Waals surface area contributed by atoms with E-state index in [0.29, 0.717) is 0 Å². The molecule has 13 rings (SSSR count). The lowest BCUT2D eigenvalue weighted by Crippen LogP contribution is -2.14. The predicted molar refractivity (Wildman–Crippen MR) is 301 cm³/mol. The number of aromatic nitrogens is 1. The minimum Gasteiger partial charge on any atom is -0.309 e. The predicted octanol–water partition coefficient (Wildman–Crippen LogP) is 19.0. The molecule has 71 heavy (non-hydrogen) atoms. The molecular weight excluding hydrogens is 859 g/mol. The minimum absolute atomic E-state index is 1.07. The highest BCUT2D eigenvalue weighted by atomic mass is 15.2. The molecule has 0 amide bonds. The van der Waals surface area contributed by atoms with Crippen LogP contribution in [0.4, 0.5) is 34.1 Å². The van der Waals surface area contributed by atoms with Crippen molar-refractivity contribution < 1.29 is 0 Å². The molecule has 0 radical (unpaired) electrons. The number of hydrogen-bond donors (Lipinski definition) is 0. The highest BCUT2D eigenvalue weighted by Crippen LogP contribution is 2.53. The highest BCUT2D eigenvalue weighted by Gasteiger charge is 2.27. The van der Waals surface area contributed by atoms with Gasteiger partial charge in [0.05, 0.1) is 22.4 Å². The van der Waals surface area contributed by atoms with Crippen LogP contribution in [0.25, 0.3) is 82.4 Å². The molecule has 0 aliphatic rings. The first-order valence-electron chi connectivity index (χ1n) is 24.3. The molecule has 0 unspecified atom stereocenters. The van der Waals surface area contributed by atoms with Gasteiger partial charge in [0.15, 0.2) is 0 Å². The number of nitrogens with zero attached hydrogens (tertiary/aromatic N) is 3. The van der Waals surface area contributed by atoms with Gasteiger partial charge in [-0.25, -0.2) is 0 Å². The second-order valence-electron chi connectivity index (χ2n) is 18.1. The van der Waals surface area contributed by atoms with Gasteiger partial charge in [0, 0.05) is 60.8 Å². The average Bonchev–Trinajstić information content (AvgIpc) is 3.79. The van der Waals surface area contributed by atoms with Gasteiger partial charge in [0.1, 0.15) is 0 Å². The Hall–Kier alpha value is -9.44. The lowest BCUT2D eigenvalue weighted by molar-refractivity contribution is 1.18. The summed E-state index contributed by atoms with van der Waals surface area (Å²) in [5.41, 5.74) is 17.0. The van der Waals surface area contributed by atoms with E-state index in [-0.39, 0.29) is 0 Å². The van der Waals surface area contributed by atoms with E-state index in [1.807, 2.05) is 0 Å². The fourth-order valence-electron chi connectivity index (χ4n) is 10.6. The first kappa shape index (κ1) is 41.7. The van der Waals surface area contributed by atoms with Crippen molar-refractivity contribution in [3.05, 3.63) is 285 Å². The van der Waals surface area contributed by atoms with Crippen LogP contribution in [0.1, 0.15) is 0 Å². The summed E-state index contributed by atoms with van der Waals surface area (Å²) in [4.78, 5) is 4.97. The summed E-state index contributed by atoms with van der Waals surface area (Å²) in [6.45, 7) is 0. The molecule has 0 aliphatic carbocycles. The van der Waals surface area contributed by atoms with Crippen LogP contribution in [0, 0.1) is 0 Å². The first-order valence-corrected chi connectivity index (χ1v) is 24.3. The molecule has 334 valence electrons. The monoisotopic (exact) mass is 905 g/mol. The Morgan fingerprint density at radius 2 is 0.577 bits per heavy atom. The Balaban J connectivity index is 1.15. The zero-order valence-corrected chi connectivity index (χ0v) is 39.0. The van der Waals surface area contributed by atoms with Gasteiger partial charge in [0.25, 0.3) is 0 Å². The zero-order valence-electron chi connectivity index (χ0n) is 39.0. The Labute approximate surface area is 414 Å². The maximum Gasteiger partial charge on any atom is 0.0620 e. The molecule has 12 aromatic carbocycles. The summed E-state index contributed by atoms with van der Waals surface area (Å²) < 4.78 is 2.39. The number of para-hydroxylation sites is 4. The topological polar surface area (TPSA) is 11.4 Å². The third kappa shape index (κ3) is 7.49. The molecule has 0 fully saturated rings. The third-order valence-electron chi connectivity index (χ3n) is 13.9. The number of benzene rings is 12. The molecule has 3 nitrogen and oxygen atoms in total. The Kier molecular flexibility index (Phi) is 10.5. The summed E-state index contributed by atoms with van der Waals surface area (Å²) >= 11 is 0. The fourth-order valence-corrected chi connectivity index (χ4v) is 10.6. The van der Waals surface area contributed by atoms with Crippen molar-refractivity contribution in [2.45, 2.75) is 0 Å². The van der Waals surface area contributed by atoms with Crippen molar-refractivity contribution in [2.24, 2.45) is 0 Å². The summed E-state index contributed by atoms with van der Waals surface area (Å²) in [5, 5.41) is 6.95. The Morgan fingerprint density at radius 1 is 0.211 bits per heavy atom. The largest absolute Gasteiger partial charge is 0.309 e. The molecule has 3 heteroatoms. The molecule has 0 bridgehead atoms. The number of rotatable bonds is 10. The number of hydrogen-bond acceptors (Lipinski definition) is 2. The van der Waals surface area contributed by atoms with Crippen LogP contribution in [-0.2, 0) is 0 Å². The Bertz CT molecular complexity index is 4000. The molecule has 0 aliphatic heterocycles. The number of anilines is 6. The standard InChI is InChI=1S/C68H47N3/c1-7-21-48(22-8-1)51-35-39-57(40-36-51)69(54-27-13-4-14-28-54)67-60-42-37-53(50-25-11-3-12-26-50)46-64(60)68(61-43-38-52(45-63(61)67)49-23-9-2-10-24-49)70(55-29-15-5-16-30-55)58-41-44-66-62(47-58)59-33-19-20-34-65(59)71(66)56-31-17-6-18-32-56/h1-47H. The van der Waals surface area contributed by atoms with Crippen LogP contribution < -0.4 is 9.80 Å². The van der Waals surface area contributed by atoms with Crippen LogP contribution in [0.5, 0.6) is 0 Å². The smallest absolute Gasteiger partial charge is 0.0620 e. The Morgan fingerprint density at radius 3 is 1.10 bits per heavy atom. The maximum absolute atomic E-state index is 2.50. The lowest BCUT2D eigenvalue weighted by Gasteiger charge is -2.33.